The van der Waals surface area contributed by atoms with Gasteiger partial charge in [-0.2, -0.15) is 0 Å². The van der Waals surface area contributed by atoms with Crippen LogP contribution < -0.4 is 10.2 Å². The summed E-state index contributed by atoms with van der Waals surface area (Å²) in [5.41, 5.74) is 2.00. The Morgan fingerprint density at radius 1 is 1.07 bits per heavy atom. The number of hydrogen-bond donors (Lipinski definition) is 1. The van der Waals surface area contributed by atoms with E-state index in [1.807, 2.05) is 18.3 Å². The summed E-state index contributed by atoms with van der Waals surface area (Å²) in [6, 6.07) is 4.42. The minimum absolute atomic E-state index is 0.239. The second-order valence-electron chi connectivity index (χ2n) is 7.79. The Kier molecular flexibility index (Phi) is 5.21. The predicted molar refractivity (Wildman–Crippen MR) is 108 cm³/mol. The first-order valence-electron chi connectivity index (χ1n) is 10.4. The number of ether oxygens (including phenoxy) is 1. The first-order chi connectivity index (χ1) is 14.3. The van der Waals surface area contributed by atoms with Crippen LogP contribution in [0.2, 0.25) is 0 Å². The Hall–Kier alpha value is -2.81. The van der Waals surface area contributed by atoms with Gasteiger partial charge >= 0.3 is 0 Å². The smallest absolute Gasteiger partial charge is 0.245 e. The highest BCUT2D eigenvalue weighted by Gasteiger charge is 2.26. The molecule has 2 fully saturated rings. The van der Waals surface area contributed by atoms with Crippen LogP contribution in [0, 0.1) is 0 Å². The highest BCUT2D eigenvalue weighted by atomic mass is 16.6. The standard InChI is InChI=1S/C20H25N7O2/c1-2-6-15(5-1)22-19-20(24-18-17(23-19)25-29-26-18)27-10-7-16(8-11-27)28-13-14-4-3-9-21-12-14/h3-4,9,12,15-16H,1-2,5-8,10-11,13H2,(H,22,23,25). The van der Waals surface area contributed by atoms with E-state index < -0.39 is 0 Å². The molecule has 2 aliphatic rings. The Bertz CT molecular complexity index is 934. The molecule has 1 saturated heterocycles. The quantitative estimate of drug-likeness (QED) is 0.675. The molecule has 5 rings (SSSR count). The summed E-state index contributed by atoms with van der Waals surface area (Å²) in [5.74, 6) is 1.63. The molecule has 0 atom stereocenters. The van der Waals surface area contributed by atoms with E-state index >= 15 is 0 Å². The summed E-state index contributed by atoms with van der Waals surface area (Å²) in [4.78, 5) is 15.8. The van der Waals surface area contributed by atoms with Crippen LogP contribution in [0.1, 0.15) is 44.1 Å². The van der Waals surface area contributed by atoms with Gasteiger partial charge in [-0.25, -0.2) is 14.6 Å². The van der Waals surface area contributed by atoms with Crippen LogP contribution in [-0.2, 0) is 11.3 Å². The van der Waals surface area contributed by atoms with Crippen LogP contribution in [0.15, 0.2) is 29.2 Å². The summed E-state index contributed by atoms with van der Waals surface area (Å²) in [7, 11) is 0. The Labute approximate surface area is 168 Å². The molecule has 0 unspecified atom stereocenters. The van der Waals surface area contributed by atoms with Crippen molar-refractivity contribution in [2.75, 3.05) is 23.3 Å². The van der Waals surface area contributed by atoms with Gasteiger partial charge in [-0.1, -0.05) is 18.9 Å². The van der Waals surface area contributed by atoms with Crippen molar-refractivity contribution in [3.63, 3.8) is 0 Å². The molecule has 0 spiro atoms. The van der Waals surface area contributed by atoms with Gasteiger partial charge in [-0.15, -0.1) is 0 Å². The monoisotopic (exact) mass is 395 g/mol. The highest BCUT2D eigenvalue weighted by molar-refractivity contribution is 5.74. The first kappa shape index (κ1) is 18.2. The summed E-state index contributed by atoms with van der Waals surface area (Å²) < 4.78 is 10.9. The molecule has 0 aromatic carbocycles. The number of piperidine rings is 1. The van der Waals surface area contributed by atoms with E-state index in [1.54, 1.807) is 6.20 Å². The van der Waals surface area contributed by atoms with Gasteiger partial charge in [0, 0.05) is 31.5 Å². The summed E-state index contributed by atoms with van der Waals surface area (Å²) in [6.07, 6.45) is 10.6. The van der Waals surface area contributed by atoms with Crippen molar-refractivity contribution in [3.05, 3.63) is 30.1 Å². The molecule has 0 radical (unpaired) electrons. The number of nitrogens with zero attached hydrogens (tertiary/aromatic N) is 6. The molecule has 4 heterocycles. The lowest BCUT2D eigenvalue weighted by molar-refractivity contribution is 0.0249. The maximum atomic E-state index is 6.09. The van der Waals surface area contributed by atoms with Crippen LogP contribution in [0.25, 0.3) is 11.3 Å². The molecule has 152 valence electrons. The van der Waals surface area contributed by atoms with E-state index in [0.29, 0.717) is 23.9 Å². The molecule has 1 aliphatic carbocycles. The second-order valence-corrected chi connectivity index (χ2v) is 7.79. The molecule has 0 amide bonds. The van der Waals surface area contributed by atoms with Gasteiger partial charge in [0.15, 0.2) is 11.6 Å². The lowest BCUT2D eigenvalue weighted by atomic mass is 10.1. The van der Waals surface area contributed by atoms with Crippen molar-refractivity contribution in [1.82, 2.24) is 25.3 Å². The van der Waals surface area contributed by atoms with E-state index in [1.165, 1.54) is 25.7 Å². The van der Waals surface area contributed by atoms with Crippen LogP contribution in [0.3, 0.4) is 0 Å². The fourth-order valence-corrected chi connectivity index (χ4v) is 4.14. The normalized spacial score (nSPS) is 18.6. The van der Waals surface area contributed by atoms with Gasteiger partial charge in [0.1, 0.15) is 0 Å². The fourth-order valence-electron chi connectivity index (χ4n) is 4.14. The number of nitrogens with one attached hydrogen (secondary N) is 1. The van der Waals surface area contributed by atoms with Gasteiger partial charge < -0.3 is 15.0 Å². The van der Waals surface area contributed by atoms with Crippen LogP contribution in [0.4, 0.5) is 11.6 Å². The summed E-state index contributed by atoms with van der Waals surface area (Å²) in [5, 5.41) is 11.3. The van der Waals surface area contributed by atoms with E-state index in [9.17, 15) is 0 Å². The van der Waals surface area contributed by atoms with E-state index in [2.05, 4.69) is 30.5 Å². The highest BCUT2D eigenvalue weighted by Crippen LogP contribution is 2.30. The van der Waals surface area contributed by atoms with E-state index in [-0.39, 0.29) is 6.10 Å². The average Bonchev–Trinajstić information content (AvgIpc) is 3.44. The zero-order valence-electron chi connectivity index (χ0n) is 16.3. The molecule has 9 nitrogen and oxygen atoms in total. The SMILES string of the molecule is c1cncc(COC2CCN(c3nc4nonc4nc3NC3CCCC3)CC2)c1. The van der Waals surface area contributed by atoms with Crippen LogP contribution >= 0.6 is 0 Å². The Morgan fingerprint density at radius 3 is 2.62 bits per heavy atom. The third-order valence-corrected chi connectivity index (χ3v) is 5.74. The molecule has 0 bridgehead atoms. The zero-order chi connectivity index (χ0) is 19.5. The largest absolute Gasteiger partial charge is 0.373 e. The number of fused-ring (bicyclic) bond motifs is 1. The third kappa shape index (κ3) is 4.14. The Balaban J connectivity index is 1.26. The van der Waals surface area contributed by atoms with Crippen molar-refractivity contribution in [1.29, 1.82) is 0 Å². The molecule has 3 aromatic rings. The van der Waals surface area contributed by atoms with E-state index in [0.717, 1.165) is 43.1 Å². The third-order valence-electron chi connectivity index (χ3n) is 5.74. The van der Waals surface area contributed by atoms with Gasteiger partial charge in [-0.3, -0.25) is 4.98 Å². The molecular weight excluding hydrogens is 370 g/mol. The minimum Gasteiger partial charge on any atom is -0.373 e. The van der Waals surface area contributed by atoms with Crippen molar-refractivity contribution in [3.8, 4) is 0 Å². The fraction of sp³-hybridized carbons (Fsp3) is 0.550. The molecular formula is C20H25N7O2. The molecule has 29 heavy (non-hydrogen) atoms. The summed E-state index contributed by atoms with van der Waals surface area (Å²) in [6.45, 7) is 2.33. The predicted octanol–water partition coefficient (Wildman–Crippen LogP) is 2.95. The van der Waals surface area contributed by atoms with Gasteiger partial charge in [0.2, 0.25) is 11.3 Å². The number of anilines is 2. The van der Waals surface area contributed by atoms with Crippen molar-refractivity contribution in [2.24, 2.45) is 0 Å². The van der Waals surface area contributed by atoms with Crippen LogP contribution in [0.5, 0.6) is 0 Å². The zero-order valence-corrected chi connectivity index (χ0v) is 16.3. The maximum Gasteiger partial charge on any atom is 0.245 e. The minimum atomic E-state index is 0.239. The number of pyridine rings is 1. The maximum absolute atomic E-state index is 6.09. The number of aromatic nitrogens is 5. The molecule has 9 heteroatoms. The molecule has 1 saturated carbocycles. The van der Waals surface area contributed by atoms with Crippen molar-refractivity contribution >= 4 is 22.9 Å². The van der Waals surface area contributed by atoms with Gasteiger partial charge in [0.25, 0.3) is 0 Å². The van der Waals surface area contributed by atoms with Gasteiger partial charge in [-0.05, 0) is 47.6 Å². The lowest BCUT2D eigenvalue weighted by Gasteiger charge is -2.33. The van der Waals surface area contributed by atoms with Gasteiger partial charge in [0.05, 0.1) is 12.7 Å². The van der Waals surface area contributed by atoms with Crippen molar-refractivity contribution in [2.45, 2.75) is 57.3 Å². The molecule has 3 aromatic heterocycles. The number of rotatable bonds is 6. The van der Waals surface area contributed by atoms with Crippen molar-refractivity contribution < 1.29 is 9.37 Å². The Morgan fingerprint density at radius 2 is 1.86 bits per heavy atom. The van der Waals surface area contributed by atoms with Crippen LogP contribution in [-0.4, -0.2) is 50.5 Å². The topological polar surface area (TPSA) is 102 Å². The summed E-state index contributed by atoms with van der Waals surface area (Å²) >= 11 is 0. The lowest BCUT2D eigenvalue weighted by Crippen LogP contribution is -2.38. The number of hydrogen-bond acceptors (Lipinski definition) is 9. The second kappa shape index (κ2) is 8.28. The first-order valence-corrected chi connectivity index (χ1v) is 10.4. The molecule has 1 N–H and O–H groups in total. The molecule has 1 aliphatic heterocycles. The average molecular weight is 395 g/mol. The van der Waals surface area contributed by atoms with E-state index in [4.69, 9.17) is 14.3 Å².